The smallest absolute Gasteiger partial charge is 0.170 e. The summed E-state index contributed by atoms with van der Waals surface area (Å²) >= 11 is 5.29. The maximum Gasteiger partial charge on any atom is 0.170 e. The molecule has 0 aromatic heterocycles. The summed E-state index contributed by atoms with van der Waals surface area (Å²) in [5.74, 6) is 0. The van der Waals surface area contributed by atoms with E-state index >= 15 is 0 Å². The minimum atomic E-state index is 0.306. The van der Waals surface area contributed by atoms with Crippen LogP contribution in [0.15, 0.2) is 18.2 Å². The molecule has 1 aromatic rings. The fourth-order valence-electron chi connectivity index (χ4n) is 2.36. The van der Waals surface area contributed by atoms with Gasteiger partial charge >= 0.3 is 0 Å². The molecule has 1 aliphatic heterocycles. The average molecular weight is 322 g/mol. The number of benzene rings is 1. The van der Waals surface area contributed by atoms with Crippen molar-refractivity contribution in [3.63, 3.8) is 0 Å². The molecule has 0 spiro atoms. The van der Waals surface area contributed by atoms with Crippen LogP contribution in [0.2, 0.25) is 0 Å². The summed E-state index contributed by atoms with van der Waals surface area (Å²) in [4.78, 5) is 0. The number of nitrogens with one attached hydrogen (secondary N) is 2. The second kappa shape index (κ2) is 9.08. The third-order valence-corrected chi connectivity index (χ3v) is 4.09. The molecule has 1 fully saturated rings. The van der Waals surface area contributed by atoms with Crippen LogP contribution in [-0.4, -0.2) is 37.6 Å². The summed E-state index contributed by atoms with van der Waals surface area (Å²) < 4.78 is 11.1. The number of ether oxygens (including phenoxy) is 2. The highest BCUT2D eigenvalue weighted by molar-refractivity contribution is 7.80. The number of aryl methyl sites for hydroxylation is 2. The summed E-state index contributed by atoms with van der Waals surface area (Å²) in [7, 11) is 0. The Kier molecular flexibility index (Phi) is 7.09. The first-order valence-corrected chi connectivity index (χ1v) is 8.37. The average Bonchev–Trinajstić information content (AvgIpc) is 3.00. The molecule has 0 unspecified atom stereocenters. The van der Waals surface area contributed by atoms with Crippen LogP contribution in [0.3, 0.4) is 0 Å². The SMILES string of the molecule is Cc1ccc(NC(=S)NCCCOC[C@H]2CCCO2)cc1C. The van der Waals surface area contributed by atoms with Crippen LogP contribution in [0.25, 0.3) is 0 Å². The molecule has 5 heteroatoms. The summed E-state index contributed by atoms with van der Waals surface area (Å²) in [6, 6.07) is 6.24. The second-order valence-electron chi connectivity index (χ2n) is 5.74. The zero-order valence-electron chi connectivity index (χ0n) is 13.5. The third-order valence-electron chi connectivity index (χ3n) is 3.84. The van der Waals surface area contributed by atoms with Crippen molar-refractivity contribution in [1.82, 2.24) is 5.32 Å². The number of hydrogen-bond acceptors (Lipinski definition) is 3. The number of hydrogen-bond donors (Lipinski definition) is 2. The van der Waals surface area contributed by atoms with E-state index in [0.717, 1.165) is 44.7 Å². The van der Waals surface area contributed by atoms with Gasteiger partial charge in [-0.25, -0.2) is 0 Å². The Labute approximate surface area is 138 Å². The predicted molar refractivity (Wildman–Crippen MR) is 94.5 cm³/mol. The molecule has 0 amide bonds. The van der Waals surface area contributed by atoms with E-state index < -0.39 is 0 Å². The van der Waals surface area contributed by atoms with Gasteiger partial charge in [0, 0.05) is 25.4 Å². The van der Waals surface area contributed by atoms with Crippen molar-refractivity contribution in [3.05, 3.63) is 29.3 Å². The van der Waals surface area contributed by atoms with Gasteiger partial charge in [0.15, 0.2) is 5.11 Å². The number of anilines is 1. The Morgan fingerprint density at radius 3 is 2.95 bits per heavy atom. The molecule has 4 nitrogen and oxygen atoms in total. The van der Waals surface area contributed by atoms with Crippen molar-refractivity contribution in [3.8, 4) is 0 Å². The molecular formula is C17H26N2O2S. The van der Waals surface area contributed by atoms with E-state index in [1.165, 1.54) is 11.1 Å². The van der Waals surface area contributed by atoms with E-state index in [1.54, 1.807) is 0 Å². The predicted octanol–water partition coefficient (Wildman–Crippen LogP) is 3.18. The van der Waals surface area contributed by atoms with Crippen LogP contribution in [0.4, 0.5) is 5.69 Å². The molecule has 1 aromatic carbocycles. The van der Waals surface area contributed by atoms with Crippen molar-refractivity contribution in [1.29, 1.82) is 0 Å². The van der Waals surface area contributed by atoms with Crippen LogP contribution in [0, 0.1) is 13.8 Å². The molecule has 1 aliphatic rings. The molecule has 1 saturated heterocycles. The van der Waals surface area contributed by atoms with Crippen LogP contribution < -0.4 is 10.6 Å². The third kappa shape index (κ3) is 5.91. The van der Waals surface area contributed by atoms with E-state index in [0.29, 0.717) is 17.8 Å². The first kappa shape index (κ1) is 17.2. The van der Waals surface area contributed by atoms with Gasteiger partial charge in [-0.1, -0.05) is 6.07 Å². The largest absolute Gasteiger partial charge is 0.379 e. The molecule has 0 bridgehead atoms. The highest BCUT2D eigenvalue weighted by Gasteiger charge is 2.14. The molecule has 1 atom stereocenters. The van der Waals surface area contributed by atoms with Gasteiger partial charge in [-0.3, -0.25) is 0 Å². The fourth-order valence-corrected chi connectivity index (χ4v) is 2.58. The van der Waals surface area contributed by atoms with Gasteiger partial charge in [-0.05, 0) is 68.6 Å². The van der Waals surface area contributed by atoms with Gasteiger partial charge in [0.25, 0.3) is 0 Å². The molecule has 1 heterocycles. The standard InChI is InChI=1S/C17H26N2O2S/c1-13-6-7-15(11-14(13)2)19-17(22)18-8-4-9-20-12-16-5-3-10-21-16/h6-7,11,16H,3-5,8-10,12H2,1-2H3,(H2,18,19,22)/t16-/m1/s1. The monoisotopic (exact) mass is 322 g/mol. The molecular weight excluding hydrogens is 296 g/mol. The summed E-state index contributed by atoms with van der Waals surface area (Å²) in [6.07, 6.45) is 3.53. The van der Waals surface area contributed by atoms with Crippen LogP contribution in [0.5, 0.6) is 0 Å². The quantitative estimate of drug-likeness (QED) is 0.596. The topological polar surface area (TPSA) is 42.5 Å². The van der Waals surface area contributed by atoms with Gasteiger partial charge in [0.2, 0.25) is 0 Å². The Bertz CT molecular complexity index is 488. The summed E-state index contributed by atoms with van der Waals surface area (Å²) in [6.45, 7) is 7.34. The minimum Gasteiger partial charge on any atom is -0.379 e. The van der Waals surface area contributed by atoms with Gasteiger partial charge in [0.1, 0.15) is 0 Å². The lowest BCUT2D eigenvalue weighted by Gasteiger charge is -2.13. The Hall–Kier alpha value is -1.17. The lowest BCUT2D eigenvalue weighted by atomic mass is 10.1. The van der Waals surface area contributed by atoms with Crippen molar-refractivity contribution >= 4 is 23.0 Å². The van der Waals surface area contributed by atoms with Gasteiger partial charge < -0.3 is 20.1 Å². The van der Waals surface area contributed by atoms with Gasteiger partial charge in [-0.2, -0.15) is 0 Å². The molecule has 2 N–H and O–H groups in total. The van der Waals surface area contributed by atoms with Crippen LogP contribution in [0.1, 0.15) is 30.4 Å². The first-order chi connectivity index (χ1) is 10.6. The highest BCUT2D eigenvalue weighted by Crippen LogP contribution is 2.14. The zero-order valence-corrected chi connectivity index (χ0v) is 14.3. The van der Waals surface area contributed by atoms with Crippen molar-refractivity contribution in [2.45, 2.75) is 39.2 Å². The van der Waals surface area contributed by atoms with E-state index in [4.69, 9.17) is 21.7 Å². The molecule has 0 radical (unpaired) electrons. The summed E-state index contributed by atoms with van der Waals surface area (Å²) in [5, 5.41) is 7.06. The maximum atomic E-state index is 5.62. The Morgan fingerprint density at radius 2 is 2.23 bits per heavy atom. The molecule has 22 heavy (non-hydrogen) atoms. The van der Waals surface area contributed by atoms with Gasteiger partial charge in [-0.15, -0.1) is 0 Å². The fraction of sp³-hybridized carbons (Fsp3) is 0.588. The Balaban J connectivity index is 1.54. The Morgan fingerprint density at radius 1 is 1.36 bits per heavy atom. The number of thiocarbonyl (C=S) groups is 1. The van der Waals surface area contributed by atoms with Crippen LogP contribution >= 0.6 is 12.2 Å². The van der Waals surface area contributed by atoms with Crippen molar-refractivity contribution in [2.75, 3.05) is 31.7 Å². The lowest BCUT2D eigenvalue weighted by molar-refractivity contribution is 0.0168. The van der Waals surface area contributed by atoms with E-state index in [2.05, 4.69) is 36.6 Å². The second-order valence-corrected chi connectivity index (χ2v) is 6.15. The number of rotatable bonds is 7. The zero-order chi connectivity index (χ0) is 15.8. The van der Waals surface area contributed by atoms with E-state index in [1.807, 2.05) is 6.07 Å². The van der Waals surface area contributed by atoms with Crippen molar-refractivity contribution in [2.24, 2.45) is 0 Å². The summed E-state index contributed by atoms with van der Waals surface area (Å²) in [5.41, 5.74) is 3.57. The van der Waals surface area contributed by atoms with E-state index in [9.17, 15) is 0 Å². The molecule has 0 aliphatic carbocycles. The van der Waals surface area contributed by atoms with Crippen molar-refractivity contribution < 1.29 is 9.47 Å². The molecule has 2 rings (SSSR count). The van der Waals surface area contributed by atoms with E-state index in [-0.39, 0.29) is 0 Å². The van der Waals surface area contributed by atoms with Gasteiger partial charge in [0.05, 0.1) is 12.7 Å². The lowest BCUT2D eigenvalue weighted by Crippen LogP contribution is -2.30. The highest BCUT2D eigenvalue weighted by atomic mass is 32.1. The molecule has 122 valence electrons. The normalized spacial score (nSPS) is 17.5. The van der Waals surface area contributed by atoms with Crippen LogP contribution in [-0.2, 0) is 9.47 Å². The maximum absolute atomic E-state index is 5.62. The first-order valence-electron chi connectivity index (χ1n) is 7.96. The molecule has 0 saturated carbocycles. The minimum absolute atomic E-state index is 0.306.